The highest BCUT2D eigenvalue weighted by molar-refractivity contribution is 6.00. The number of imidazole rings is 1. The first-order chi connectivity index (χ1) is 31.8. The Hall–Kier alpha value is -5.87. The van der Waals surface area contributed by atoms with E-state index in [-0.39, 0.29) is 49.1 Å². The Morgan fingerprint density at radius 2 is 1.70 bits per heavy atom. The number of benzene rings is 2. The summed E-state index contributed by atoms with van der Waals surface area (Å²) >= 11 is 0. The SMILES string of the molecule is CC[C@H]1OC(=O)[C@H](C)C(=O)[C@H](C)[C@@H](O[C@]2(OC(=O)c3ccccc3)CO[C@H](C)C[C@@H]2N(C)C)[C@](C)(OC/C=C/c2cnc3ccccc3c2)C[C@@H](C)C(=O)/C(C)=C/[C@]1(C)OC(=O)n1ccnc1. The van der Waals surface area contributed by atoms with E-state index in [4.69, 9.17) is 28.4 Å². The molecule has 1 fully saturated rings. The normalized spacial score (nSPS) is 30.9. The molecular formula is C52H64N4O11. The van der Waals surface area contributed by atoms with Crippen molar-refractivity contribution in [2.75, 3.05) is 27.3 Å². The van der Waals surface area contributed by atoms with Crippen molar-refractivity contribution in [1.82, 2.24) is 19.4 Å². The number of para-hydroxylation sites is 1. The molecule has 10 atom stereocenters. The molecule has 0 amide bonds. The quantitative estimate of drug-likeness (QED) is 0.0611. The molecule has 4 heterocycles. The first kappa shape index (κ1) is 50.5. The fourth-order valence-corrected chi connectivity index (χ4v) is 9.27. The summed E-state index contributed by atoms with van der Waals surface area (Å²) in [5.74, 6) is -7.58. The van der Waals surface area contributed by atoms with Gasteiger partial charge >= 0.3 is 18.0 Å². The van der Waals surface area contributed by atoms with Gasteiger partial charge in [-0.05, 0) is 109 Å². The van der Waals surface area contributed by atoms with E-state index in [1.54, 1.807) is 78.1 Å². The van der Waals surface area contributed by atoms with Gasteiger partial charge in [0.15, 0.2) is 17.2 Å². The first-order valence-electron chi connectivity index (χ1n) is 22.9. The zero-order valence-electron chi connectivity index (χ0n) is 40.2. The molecule has 0 N–H and O–H groups in total. The highest BCUT2D eigenvalue weighted by atomic mass is 16.7. The van der Waals surface area contributed by atoms with Crippen LogP contribution in [-0.2, 0) is 42.8 Å². The van der Waals surface area contributed by atoms with Gasteiger partial charge in [0, 0.05) is 35.8 Å². The van der Waals surface area contributed by atoms with Gasteiger partial charge in [-0.3, -0.25) is 19.4 Å². The number of esters is 2. The Balaban J connectivity index is 1.48. The van der Waals surface area contributed by atoms with Crippen molar-refractivity contribution in [3.8, 4) is 0 Å². The predicted molar refractivity (Wildman–Crippen MR) is 251 cm³/mol. The number of hydrogen-bond acceptors (Lipinski definition) is 14. The second kappa shape index (κ2) is 21.4. The topological polar surface area (TPSA) is 175 Å². The Labute approximate surface area is 392 Å². The summed E-state index contributed by atoms with van der Waals surface area (Å²) in [6, 6.07) is 17.7. The molecule has 0 unspecified atom stereocenters. The molecule has 358 valence electrons. The van der Waals surface area contributed by atoms with E-state index in [1.807, 2.05) is 68.4 Å². The summed E-state index contributed by atoms with van der Waals surface area (Å²) in [7, 11) is 3.69. The number of fused-ring (bicyclic) bond motifs is 1. The van der Waals surface area contributed by atoms with Crippen LogP contribution in [-0.4, -0.2) is 118 Å². The fourth-order valence-electron chi connectivity index (χ4n) is 9.27. The van der Waals surface area contributed by atoms with Gasteiger partial charge in [-0.2, -0.15) is 0 Å². The monoisotopic (exact) mass is 920 g/mol. The number of allylic oxidation sites excluding steroid dienone is 1. The number of nitrogens with zero attached hydrogens (tertiary/aromatic N) is 4. The third-order valence-electron chi connectivity index (χ3n) is 12.9. The van der Waals surface area contributed by atoms with Crippen molar-refractivity contribution in [3.05, 3.63) is 114 Å². The van der Waals surface area contributed by atoms with Crippen LogP contribution in [0.5, 0.6) is 0 Å². The minimum atomic E-state index is -1.83. The van der Waals surface area contributed by atoms with Crippen molar-refractivity contribution in [2.45, 2.75) is 116 Å². The van der Waals surface area contributed by atoms with Gasteiger partial charge in [0.25, 0.3) is 5.79 Å². The number of Topliss-reactive ketones (excluding diaryl/α,β-unsaturated/α-hetero) is 2. The van der Waals surface area contributed by atoms with E-state index in [9.17, 15) is 19.2 Å². The molecule has 0 bridgehead atoms. The lowest BCUT2D eigenvalue weighted by Gasteiger charge is -2.51. The van der Waals surface area contributed by atoms with E-state index >= 15 is 4.79 Å². The maximum Gasteiger partial charge on any atom is 0.420 e. The molecule has 15 heteroatoms. The number of aromatic nitrogens is 3. The maximum absolute atomic E-state index is 15.0. The molecule has 0 spiro atoms. The van der Waals surface area contributed by atoms with Crippen LogP contribution >= 0.6 is 0 Å². The van der Waals surface area contributed by atoms with Crippen LogP contribution in [0.15, 0.2) is 103 Å². The molecule has 4 aromatic rings. The lowest BCUT2D eigenvalue weighted by Crippen LogP contribution is -2.66. The summed E-state index contributed by atoms with van der Waals surface area (Å²) in [4.78, 5) is 82.0. The van der Waals surface area contributed by atoms with Gasteiger partial charge in [-0.15, -0.1) is 0 Å². The highest BCUT2D eigenvalue weighted by Crippen LogP contribution is 2.42. The zero-order chi connectivity index (χ0) is 48.7. The number of carbonyl (C=O) groups excluding carboxylic acids is 5. The molecule has 15 nitrogen and oxygen atoms in total. The second-order valence-electron chi connectivity index (χ2n) is 18.5. The van der Waals surface area contributed by atoms with Crippen LogP contribution in [0, 0.1) is 17.8 Å². The van der Waals surface area contributed by atoms with Crippen LogP contribution in [0.3, 0.4) is 0 Å². The number of cyclic esters (lactones) is 1. The number of ketones is 2. The highest BCUT2D eigenvalue weighted by Gasteiger charge is 2.56. The van der Waals surface area contributed by atoms with Crippen LogP contribution in [0.4, 0.5) is 4.79 Å². The zero-order valence-corrected chi connectivity index (χ0v) is 40.2. The van der Waals surface area contributed by atoms with Gasteiger partial charge < -0.3 is 33.3 Å². The number of hydrogen-bond donors (Lipinski definition) is 0. The summed E-state index contributed by atoms with van der Waals surface area (Å²) in [5.41, 5.74) is -0.997. The number of carbonyl (C=O) groups is 5. The van der Waals surface area contributed by atoms with Crippen molar-refractivity contribution in [3.63, 3.8) is 0 Å². The Bertz CT molecular complexity index is 2460. The lowest BCUT2D eigenvalue weighted by molar-refractivity contribution is -0.330. The van der Waals surface area contributed by atoms with Gasteiger partial charge in [-0.25, -0.2) is 19.1 Å². The number of rotatable bonds is 11. The number of pyridine rings is 1. The van der Waals surface area contributed by atoms with E-state index < -0.39 is 76.8 Å². The third-order valence-corrected chi connectivity index (χ3v) is 12.9. The minimum absolute atomic E-state index is 0.0146. The Kier molecular flexibility index (Phi) is 16.1. The molecular weight excluding hydrogens is 857 g/mol. The van der Waals surface area contributed by atoms with E-state index in [1.165, 1.54) is 31.7 Å². The summed E-state index contributed by atoms with van der Waals surface area (Å²) in [5, 5.41) is 0.959. The van der Waals surface area contributed by atoms with E-state index in [0.29, 0.717) is 6.42 Å². The van der Waals surface area contributed by atoms with Crippen molar-refractivity contribution in [2.24, 2.45) is 17.8 Å². The molecule has 2 aliphatic rings. The van der Waals surface area contributed by atoms with Crippen molar-refractivity contribution in [1.29, 1.82) is 0 Å². The van der Waals surface area contributed by atoms with E-state index in [0.717, 1.165) is 21.0 Å². The number of ether oxygens (including phenoxy) is 6. The van der Waals surface area contributed by atoms with Gasteiger partial charge in [-0.1, -0.05) is 69.3 Å². The predicted octanol–water partition coefficient (Wildman–Crippen LogP) is 8.06. The minimum Gasteiger partial charge on any atom is -0.457 e. The van der Waals surface area contributed by atoms with Crippen LogP contribution in [0.2, 0.25) is 0 Å². The van der Waals surface area contributed by atoms with Gasteiger partial charge in [0.05, 0.1) is 35.4 Å². The van der Waals surface area contributed by atoms with Gasteiger partial charge in [0.1, 0.15) is 31.1 Å². The smallest absolute Gasteiger partial charge is 0.420 e. The van der Waals surface area contributed by atoms with Crippen molar-refractivity contribution >= 4 is 46.6 Å². The average molecular weight is 921 g/mol. The summed E-state index contributed by atoms with van der Waals surface area (Å²) in [6.45, 7) is 13.2. The molecule has 2 aromatic carbocycles. The number of likely N-dealkylation sites (N-methyl/N-ethyl adjacent to an activating group) is 1. The van der Waals surface area contributed by atoms with Crippen LogP contribution < -0.4 is 0 Å². The molecule has 67 heavy (non-hydrogen) atoms. The molecule has 0 saturated carbocycles. The first-order valence-corrected chi connectivity index (χ1v) is 22.9. The average Bonchev–Trinajstić information content (AvgIpc) is 3.87. The Morgan fingerprint density at radius 3 is 2.39 bits per heavy atom. The standard InChI is InChI=1S/C52H64N4O11/c1-11-43-50(7,67-49(61)56-24-23-53-32-56)28-33(2)44(57)34(3)29-51(8,63-25-17-18-38-27-40-21-15-16-22-41(40)54-30-38)46(36(5)45(58)37(6)47(59)64-43)65-52(31-62-35(4)26-42(52)55(9)10)66-48(60)39-19-13-12-14-20-39/h12-24,27-28,30,32,34-37,42-43,46H,11,25-26,29,31H2,1-10H3/b18-17+,33-28+/t34-,35-,36+,37-,42+,43-,46-,50+,51-,52+/m1/s1. The summed E-state index contributed by atoms with van der Waals surface area (Å²) in [6.07, 6.45) is 8.09. The van der Waals surface area contributed by atoms with E-state index in [2.05, 4.69) is 9.97 Å². The Morgan fingerprint density at radius 1 is 0.985 bits per heavy atom. The van der Waals surface area contributed by atoms with Crippen LogP contribution in [0.25, 0.3) is 17.0 Å². The van der Waals surface area contributed by atoms with Crippen molar-refractivity contribution < 1.29 is 52.4 Å². The van der Waals surface area contributed by atoms with Gasteiger partial charge in [0.2, 0.25) is 0 Å². The molecule has 0 radical (unpaired) electrons. The second-order valence-corrected chi connectivity index (χ2v) is 18.5. The summed E-state index contributed by atoms with van der Waals surface area (Å²) < 4.78 is 40.2. The fraction of sp³-hybridized carbons (Fsp3) is 0.481. The largest absolute Gasteiger partial charge is 0.457 e. The maximum atomic E-state index is 15.0. The lowest BCUT2D eigenvalue weighted by atomic mass is 9.76. The molecule has 2 aliphatic heterocycles. The van der Waals surface area contributed by atoms with Crippen LogP contribution in [0.1, 0.15) is 90.6 Å². The molecule has 2 aromatic heterocycles. The molecule has 6 rings (SSSR count). The molecule has 0 aliphatic carbocycles. The third kappa shape index (κ3) is 11.6. The molecule has 1 saturated heterocycles.